The summed E-state index contributed by atoms with van der Waals surface area (Å²) in [6.45, 7) is 2.06. The molecule has 3 rings (SSSR count). The van der Waals surface area contributed by atoms with Crippen LogP contribution in [-0.4, -0.2) is 9.55 Å². The van der Waals surface area contributed by atoms with E-state index < -0.39 is 0 Å². The van der Waals surface area contributed by atoms with Crippen molar-refractivity contribution >= 4 is 34.0 Å². The quantitative estimate of drug-likeness (QED) is 0.665. The Hall–Kier alpha value is -2.38. The van der Waals surface area contributed by atoms with E-state index in [4.69, 9.17) is 0 Å². The largest absolute Gasteiger partial charge is 0.327 e. The number of rotatable bonds is 2. The fourth-order valence-corrected chi connectivity index (χ4v) is 3.03. The lowest BCUT2D eigenvalue weighted by molar-refractivity contribution is 0.925. The number of imidazole rings is 1. The van der Waals surface area contributed by atoms with Gasteiger partial charge in [-0.05, 0) is 37.3 Å². The first-order valence-corrected chi connectivity index (χ1v) is 7.11. The lowest BCUT2D eigenvalue weighted by Crippen LogP contribution is -1.95. The average molecular weight is 279 g/mol. The minimum Gasteiger partial charge on any atom is -0.327 e. The predicted molar refractivity (Wildman–Crippen MR) is 83.3 cm³/mol. The van der Waals surface area contributed by atoms with E-state index >= 15 is 0 Å². The third-order valence-corrected chi connectivity index (χ3v) is 4.14. The number of hydrogen-bond donors (Lipinski definition) is 0. The summed E-state index contributed by atoms with van der Waals surface area (Å²) in [7, 11) is 1.94. The Morgan fingerprint density at radius 3 is 2.75 bits per heavy atom. The van der Waals surface area contributed by atoms with E-state index in [0.717, 1.165) is 15.9 Å². The van der Waals surface area contributed by atoms with Gasteiger partial charge in [0.05, 0.1) is 16.6 Å². The first-order chi connectivity index (χ1) is 9.69. The molecule has 0 unspecified atom stereocenters. The SMILES string of the molecule is Cc1ccc(C=C(C#N)c2nc3ccccc3n2C)s1. The highest BCUT2D eigenvalue weighted by atomic mass is 32.1. The van der Waals surface area contributed by atoms with Crippen molar-refractivity contribution in [1.82, 2.24) is 9.55 Å². The summed E-state index contributed by atoms with van der Waals surface area (Å²) in [6.07, 6.45) is 1.90. The molecule has 4 heteroatoms. The summed E-state index contributed by atoms with van der Waals surface area (Å²) in [4.78, 5) is 6.87. The summed E-state index contributed by atoms with van der Waals surface area (Å²) in [5, 5.41) is 9.43. The van der Waals surface area contributed by atoms with Crippen LogP contribution in [0.15, 0.2) is 36.4 Å². The molecular formula is C16H13N3S. The molecule has 0 radical (unpaired) electrons. The highest BCUT2D eigenvalue weighted by Crippen LogP contribution is 2.24. The third-order valence-electron chi connectivity index (χ3n) is 3.20. The molecule has 0 aliphatic rings. The molecule has 0 spiro atoms. The van der Waals surface area contributed by atoms with Gasteiger partial charge in [0.25, 0.3) is 0 Å². The Morgan fingerprint density at radius 2 is 2.10 bits per heavy atom. The van der Waals surface area contributed by atoms with E-state index in [1.54, 1.807) is 11.3 Å². The Bertz CT molecular complexity index is 846. The number of benzene rings is 1. The normalized spacial score (nSPS) is 11.8. The summed E-state index contributed by atoms with van der Waals surface area (Å²) < 4.78 is 1.96. The van der Waals surface area contributed by atoms with Gasteiger partial charge in [-0.2, -0.15) is 5.26 Å². The maximum Gasteiger partial charge on any atom is 0.151 e. The first-order valence-electron chi connectivity index (χ1n) is 6.29. The van der Waals surface area contributed by atoms with Gasteiger partial charge in [0.2, 0.25) is 0 Å². The monoisotopic (exact) mass is 279 g/mol. The highest BCUT2D eigenvalue weighted by Gasteiger charge is 2.11. The molecule has 0 bridgehead atoms. The van der Waals surface area contributed by atoms with Crippen molar-refractivity contribution in [1.29, 1.82) is 5.26 Å². The van der Waals surface area contributed by atoms with Gasteiger partial charge in [-0.1, -0.05) is 12.1 Å². The minimum absolute atomic E-state index is 0.588. The van der Waals surface area contributed by atoms with Gasteiger partial charge < -0.3 is 4.57 Å². The van der Waals surface area contributed by atoms with Crippen LogP contribution in [0.5, 0.6) is 0 Å². The van der Waals surface area contributed by atoms with Crippen LogP contribution in [0.1, 0.15) is 15.6 Å². The van der Waals surface area contributed by atoms with Crippen LogP contribution in [0, 0.1) is 18.3 Å². The van der Waals surface area contributed by atoms with Crippen LogP contribution in [0.4, 0.5) is 0 Å². The molecule has 0 saturated heterocycles. The minimum atomic E-state index is 0.588. The molecule has 3 aromatic rings. The molecule has 0 atom stereocenters. The number of fused-ring (bicyclic) bond motifs is 1. The molecule has 0 saturated carbocycles. The second-order valence-electron chi connectivity index (χ2n) is 4.60. The summed E-state index contributed by atoms with van der Waals surface area (Å²) in [6, 6.07) is 14.3. The van der Waals surface area contributed by atoms with Crippen LogP contribution in [-0.2, 0) is 7.05 Å². The Kier molecular flexibility index (Phi) is 3.13. The van der Waals surface area contributed by atoms with Crippen LogP contribution in [0.3, 0.4) is 0 Å². The zero-order chi connectivity index (χ0) is 14.1. The van der Waals surface area contributed by atoms with Crippen LogP contribution >= 0.6 is 11.3 Å². The number of aromatic nitrogens is 2. The molecule has 2 heterocycles. The van der Waals surface area contributed by atoms with Gasteiger partial charge in [0, 0.05) is 16.8 Å². The molecule has 3 nitrogen and oxygen atoms in total. The standard InChI is InChI=1S/C16H13N3S/c1-11-7-8-13(20-11)9-12(10-17)16-18-14-5-3-4-6-15(14)19(16)2/h3-9H,1-2H3. The van der Waals surface area contributed by atoms with Gasteiger partial charge in [-0.3, -0.25) is 0 Å². The molecule has 0 aliphatic heterocycles. The number of nitrogens with zero attached hydrogens (tertiary/aromatic N) is 3. The van der Waals surface area contributed by atoms with Crippen molar-refractivity contribution in [3.63, 3.8) is 0 Å². The molecule has 0 fully saturated rings. The number of allylic oxidation sites excluding steroid dienone is 1. The average Bonchev–Trinajstić information content (AvgIpc) is 3.01. The van der Waals surface area contributed by atoms with E-state index in [1.165, 1.54) is 4.88 Å². The lowest BCUT2D eigenvalue weighted by atomic mass is 10.2. The van der Waals surface area contributed by atoms with E-state index in [1.807, 2.05) is 48.0 Å². The Balaban J connectivity index is 2.15. The third kappa shape index (κ3) is 2.13. The van der Waals surface area contributed by atoms with Crippen molar-refractivity contribution in [3.8, 4) is 6.07 Å². The topological polar surface area (TPSA) is 41.6 Å². The number of aryl methyl sites for hydroxylation is 2. The number of para-hydroxylation sites is 2. The summed E-state index contributed by atoms with van der Waals surface area (Å²) >= 11 is 1.67. The van der Waals surface area contributed by atoms with Crippen molar-refractivity contribution in [2.75, 3.05) is 0 Å². The highest BCUT2D eigenvalue weighted by molar-refractivity contribution is 7.12. The van der Waals surface area contributed by atoms with Gasteiger partial charge in [0.1, 0.15) is 6.07 Å². The van der Waals surface area contributed by atoms with Gasteiger partial charge in [0.15, 0.2) is 5.82 Å². The van der Waals surface area contributed by atoms with Crippen LogP contribution < -0.4 is 0 Å². The molecule has 0 amide bonds. The second kappa shape index (κ2) is 4.95. The molecule has 0 N–H and O–H groups in total. The van der Waals surface area contributed by atoms with E-state index in [9.17, 15) is 5.26 Å². The predicted octanol–water partition coefficient (Wildman–Crippen LogP) is 4.01. The van der Waals surface area contributed by atoms with Gasteiger partial charge >= 0.3 is 0 Å². The zero-order valence-corrected chi connectivity index (χ0v) is 12.1. The van der Waals surface area contributed by atoms with E-state index in [0.29, 0.717) is 11.4 Å². The molecule has 2 aromatic heterocycles. The fourth-order valence-electron chi connectivity index (χ4n) is 2.21. The lowest BCUT2D eigenvalue weighted by Gasteiger charge is -2.00. The van der Waals surface area contributed by atoms with E-state index in [-0.39, 0.29) is 0 Å². The maximum atomic E-state index is 9.43. The molecule has 98 valence electrons. The van der Waals surface area contributed by atoms with Crippen LogP contribution in [0.2, 0.25) is 0 Å². The van der Waals surface area contributed by atoms with E-state index in [2.05, 4.69) is 24.0 Å². The maximum absolute atomic E-state index is 9.43. The first kappa shape index (κ1) is 12.6. The number of thiophene rings is 1. The molecule has 0 aliphatic carbocycles. The molecule has 20 heavy (non-hydrogen) atoms. The van der Waals surface area contributed by atoms with Gasteiger partial charge in [-0.25, -0.2) is 4.98 Å². The fraction of sp³-hybridized carbons (Fsp3) is 0.125. The number of nitriles is 1. The Morgan fingerprint density at radius 1 is 1.30 bits per heavy atom. The zero-order valence-electron chi connectivity index (χ0n) is 11.3. The molecule has 1 aromatic carbocycles. The summed E-state index contributed by atoms with van der Waals surface area (Å²) in [5.74, 6) is 0.708. The van der Waals surface area contributed by atoms with Crippen molar-refractivity contribution in [2.24, 2.45) is 7.05 Å². The smallest absolute Gasteiger partial charge is 0.151 e. The van der Waals surface area contributed by atoms with Crippen molar-refractivity contribution in [2.45, 2.75) is 6.92 Å². The molecular weight excluding hydrogens is 266 g/mol. The van der Waals surface area contributed by atoms with Crippen LogP contribution in [0.25, 0.3) is 22.7 Å². The van der Waals surface area contributed by atoms with Crippen molar-refractivity contribution < 1.29 is 0 Å². The Labute approximate surface area is 121 Å². The number of hydrogen-bond acceptors (Lipinski definition) is 3. The van der Waals surface area contributed by atoms with Crippen molar-refractivity contribution in [3.05, 3.63) is 52.0 Å². The van der Waals surface area contributed by atoms with Gasteiger partial charge in [-0.15, -0.1) is 11.3 Å². The summed E-state index contributed by atoms with van der Waals surface area (Å²) in [5.41, 5.74) is 2.53. The second-order valence-corrected chi connectivity index (χ2v) is 5.92.